The van der Waals surface area contributed by atoms with E-state index in [1.54, 1.807) is 23.9 Å². The highest BCUT2D eigenvalue weighted by atomic mass is 32.2. The highest BCUT2D eigenvalue weighted by molar-refractivity contribution is 7.99. The normalized spacial score (nSPS) is 16.1. The van der Waals surface area contributed by atoms with E-state index in [-0.39, 0.29) is 11.7 Å². The molecule has 0 bridgehead atoms. The van der Waals surface area contributed by atoms with Crippen LogP contribution in [0.1, 0.15) is 22.3 Å². The predicted molar refractivity (Wildman–Crippen MR) is 128 cm³/mol. The van der Waals surface area contributed by atoms with Gasteiger partial charge in [-0.2, -0.15) is 0 Å². The van der Waals surface area contributed by atoms with Gasteiger partial charge in [0, 0.05) is 23.7 Å². The van der Waals surface area contributed by atoms with Gasteiger partial charge in [0.2, 0.25) is 0 Å². The Morgan fingerprint density at radius 1 is 1.06 bits per heavy atom. The Labute approximate surface area is 192 Å². The number of hydrogen-bond donors (Lipinski definition) is 3. The van der Waals surface area contributed by atoms with Gasteiger partial charge in [-0.05, 0) is 65.9 Å². The van der Waals surface area contributed by atoms with E-state index in [9.17, 15) is 9.90 Å². The van der Waals surface area contributed by atoms with Crippen LogP contribution < -0.4 is 10.1 Å². The van der Waals surface area contributed by atoms with Crippen molar-refractivity contribution < 1.29 is 19.7 Å². The highest BCUT2D eigenvalue weighted by Crippen LogP contribution is 2.32. The molecule has 0 aliphatic carbocycles. The summed E-state index contributed by atoms with van der Waals surface area (Å²) >= 11 is 1.66. The fraction of sp³-hybridized carbons (Fsp3) is 0.269. The van der Waals surface area contributed by atoms with E-state index in [0.29, 0.717) is 18.8 Å². The molecule has 166 valence electrons. The summed E-state index contributed by atoms with van der Waals surface area (Å²) < 4.78 is 6.16. The van der Waals surface area contributed by atoms with E-state index < -0.39 is 12.1 Å². The molecule has 1 heterocycles. The summed E-state index contributed by atoms with van der Waals surface area (Å²) in [5.41, 5.74) is 3.50. The van der Waals surface area contributed by atoms with Crippen LogP contribution in [0.2, 0.25) is 0 Å². The van der Waals surface area contributed by atoms with Crippen LogP contribution in [-0.2, 0) is 6.42 Å². The van der Waals surface area contributed by atoms with Crippen molar-refractivity contribution in [3.05, 3.63) is 83.9 Å². The van der Waals surface area contributed by atoms with Crippen molar-refractivity contribution in [2.24, 2.45) is 0 Å². The van der Waals surface area contributed by atoms with Crippen molar-refractivity contribution in [3.63, 3.8) is 0 Å². The predicted octanol–water partition coefficient (Wildman–Crippen LogP) is 4.49. The lowest BCUT2D eigenvalue weighted by molar-refractivity contribution is 0.0697. The summed E-state index contributed by atoms with van der Waals surface area (Å²) in [4.78, 5) is 12.2. The van der Waals surface area contributed by atoms with Gasteiger partial charge in [0.1, 0.15) is 11.9 Å². The first kappa shape index (κ1) is 22.4. The van der Waals surface area contributed by atoms with Gasteiger partial charge in [0.25, 0.3) is 0 Å². The molecular weight excluding hydrogens is 422 g/mol. The monoisotopic (exact) mass is 449 g/mol. The minimum Gasteiger partial charge on any atom is -0.489 e. The second-order valence-corrected chi connectivity index (χ2v) is 9.01. The van der Waals surface area contributed by atoms with E-state index in [0.717, 1.165) is 34.6 Å². The fourth-order valence-electron chi connectivity index (χ4n) is 3.75. The second kappa shape index (κ2) is 10.7. The Kier molecular flexibility index (Phi) is 7.47. The molecule has 32 heavy (non-hydrogen) atoms. The highest BCUT2D eigenvalue weighted by Gasteiger charge is 2.20. The molecule has 1 aliphatic rings. The Balaban J connectivity index is 1.25. The summed E-state index contributed by atoms with van der Waals surface area (Å²) in [7, 11) is 0. The lowest BCUT2D eigenvalue weighted by atomic mass is 9.96. The number of carboxylic acid groups (broad SMARTS) is 1. The number of aliphatic hydroxyl groups excluding tert-OH is 1. The van der Waals surface area contributed by atoms with Crippen LogP contribution in [0.5, 0.6) is 5.75 Å². The molecule has 0 radical (unpaired) electrons. The summed E-state index contributed by atoms with van der Waals surface area (Å²) in [6.07, 6.45) is 1.51. The number of nitrogens with one attached hydrogen (secondary N) is 1. The van der Waals surface area contributed by atoms with Crippen LogP contribution >= 0.6 is 11.8 Å². The van der Waals surface area contributed by atoms with Gasteiger partial charge in [-0.25, -0.2) is 4.79 Å². The number of hydrogen-bond acceptors (Lipinski definition) is 5. The van der Waals surface area contributed by atoms with Crippen LogP contribution in [0.25, 0.3) is 11.1 Å². The van der Waals surface area contributed by atoms with E-state index in [1.165, 1.54) is 5.56 Å². The van der Waals surface area contributed by atoms with Gasteiger partial charge in [0.15, 0.2) is 0 Å². The Bertz CT molecular complexity index is 1040. The first-order chi connectivity index (χ1) is 15.6. The maximum atomic E-state index is 11.0. The molecule has 3 aromatic carbocycles. The lowest BCUT2D eigenvalue weighted by Gasteiger charge is -2.27. The van der Waals surface area contributed by atoms with Crippen molar-refractivity contribution in [2.45, 2.75) is 29.9 Å². The summed E-state index contributed by atoms with van der Waals surface area (Å²) in [5, 5.41) is 22.6. The van der Waals surface area contributed by atoms with Crippen molar-refractivity contribution in [2.75, 3.05) is 18.8 Å². The molecule has 0 unspecified atom stereocenters. The fourth-order valence-corrected chi connectivity index (χ4v) is 4.60. The number of aliphatic hydroxyl groups is 1. The third kappa shape index (κ3) is 5.91. The maximum Gasteiger partial charge on any atom is 0.335 e. The van der Waals surface area contributed by atoms with Gasteiger partial charge in [0.05, 0.1) is 11.7 Å². The SMILES string of the molecule is O=C(O)c1ccc(-c2ccc3c(c2)CC[C@H](CNC[C@H](O)CSc2ccccc2)O3)cc1. The molecule has 0 spiro atoms. The van der Waals surface area contributed by atoms with Crippen LogP contribution in [0.15, 0.2) is 77.7 Å². The van der Waals surface area contributed by atoms with Gasteiger partial charge < -0.3 is 20.3 Å². The number of aromatic carboxylic acids is 1. The lowest BCUT2D eigenvalue weighted by Crippen LogP contribution is -2.38. The Hall–Kier alpha value is -2.80. The second-order valence-electron chi connectivity index (χ2n) is 7.92. The zero-order valence-electron chi connectivity index (χ0n) is 17.7. The molecule has 1 aliphatic heterocycles. The third-order valence-corrected chi connectivity index (χ3v) is 6.65. The Morgan fingerprint density at radius 2 is 1.81 bits per heavy atom. The molecule has 0 amide bonds. The van der Waals surface area contributed by atoms with Gasteiger partial charge in [-0.3, -0.25) is 0 Å². The smallest absolute Gasteiger partial charge is 0.335 e. The first-order valence-electron chi connectivity index (χ1n) is 10.8. The standard InChI is InChI=1S/C26H27NO4S/c28-22(17-32-24-4-2-1-3-5-24)15-27-16-23-12-10-21-14-20(11-13-25(21)31-23)18-6-8-19(9-7-18)26(29)30/h1-9,11,13-14,22-23,27-28H,10,12,15-17H2,(H,29,30)/t22-,23+/m0/s1. The van der Waals surface area contributed by atoms with Crippen LogP contribution in [0.3, 0.4) is 0 Å². The van der Waals surface area contributed by atoms with Crippen molar-refractivity contribution in [3.8, 4) is 16.9 Å². The molecule has 0 fully saturated rings. The Morgan fingerprint density at radius 3 is 2.56 bits per heavy atom. The number of carbonyl (C=O) groups is 1. The molecular formula is C26H27NO4S. The number of rotatable bonds is 9. The molecule has 4 rings (SSSR count). The number of benzene rings is 3. The summed E-state index contributed by atoms with van der Waals surface area (Å²) in [6.45, 7) is 1.24. The number of carboxylic acids is 1. The summed E-state index contributed by atoms with van der Waals surface area (Å²) in [5.74, 6) is 0.633. The topological polar surface area (TPSA) is 78.8 Å². The molecule has 6 heteroatoms. The minimum atomic E-state index is -0.919. The van der Waals surface area contributed by atoms with E-state index in [2.05, 4.69) is 23.5 Å². The van der Waals surface area contributed by atoms with Gasteiger partial charge >= 0.3 is 5.97 Å². The van der Waals surface area contributed by atoms with Crippen LogP contribution in [-0.4, -0.2) is 47.2 Å². The maximum absolute atomic E-state index is 11.0. The quantitative estimate of drug-likeness (QED) is 0.418. The minimum absolute atomic E-state index is 0.0807. The van der Waals surface area contributed by atoms with Crippen LogP contribution in [0, 0.1) is 0 Å². The number of aryl methyl sites for hydroxylation is 1. The zero-order valence-corrected chi connectivity index (χ0v) is 18.6. The van der Waals surface area contributed by atoms with Crippen molar-refractivity contribution in [1.29, 1.82) is 0 Å². The van der Waals surface area contributed by atoms with E-state index in [4.69, 9.17) is 9.84 Å². The molecule has 0 saturated carbocycles. The van der Waals surface area contributed by atoms with Crippen molar-refractivity contribution >= 4 is 17.7 Å². The van der Waals surface area contributed by atoms with Crippen LogP contribution in [0.4, 0.5) is 0 Å². The molecule has 0 saturated heterocycles. The molecule has 3 N–H and O–H groups in total. The molecule has 2 atom stereocenters. The average Bonchev–Trinajstić information content (AvgIpc) is 2.83. The number of thioether (sulfide) groups is 1. The van der Waals surface area contributed by atoms with E-state index in [1.807, 2.05) is 42.5 Å². The van der Waals surface area contributed by atoms with Gasteiger partial charge in [-0.1, -0.05) is 36.4 Å². The van der Waals surface area contributed by atoms with Crippen molar-refractivity contribution in [1.82, 2.24) is 5.32 Å². The largest absolute Gasteiger partial charge is 0.489 e. The average molecular weight is 450 g/mol. The molecule has 3 aromatic rings. The molecule has 5 nitrogen and oxygen atoms in total. The number of fused-ring (bicyclic) bond motifs is 1. The number of ether oxygens (including phenoxy) is 1. The third-order valence-electron chi connectivity index (χ3n) is 5.49. The van der Waals surface area contributed by atoms with Gasteiger partial charge in [-0.15, -0.1) is 11.8 Å². The first-order valence-corrected chi connectivity index (χ1v) is 11.8. The zero-order chi connectivity index (χ0) is 22.3. The molecule has 0 aromatic heterocycles. The van der Waals surface area contributed by atoms with E-state index >= 15 is 0 Å². The summed E-state index contributed by atoms with van der Waals surface area (Å²) in [6, 6.07) is 23.1.